The summed E-state index contributed by atoms with van der Waals surface area (Å²) in [4.78, 5) is 0. The number of thioether (sulfide) groups is 1. The maximum absolute atomic E-state index is 5.95. The summed E-state index contributed by atoms with van der Waals surface area (Å²) < 4.78 is 0. The van der Waals surface area contributed by atoms with Crippen LogP contribution in [-0.2, 0) is 0 Å². The number of hydrogen-bond acceptors (Lipinski definition) is 2. The number of halogens is 2. The van der Waals surface area contributed by atoms with Crippen LogP contribution >= 0.6 is 35.0 Å². The van der Waals surface area contributed by atoms with E-state index in [2.05, 4.69) is 11.6 Å². The molecule has 1 nitrogen and oxygen atoms in total. The average molecular weight is 236 g/mol. The minimum absolute atomic E-state index is 0.667. The molecular weight excluding hydrogens is 225 g/mol. The molecule has 72 valence electrons. The van der Waals surface area contributed by atoms with Gasteiger partial charge in [-0.15, -0.1) is 0 Å². The number of benzene rings is 1. The van der Waals surface area contributed by atoms with E-state index in [1.54, 1.807) is 17.8 Å². The van der Waals surface area contributed by atoms with Crippen molar-refractivity contribution < 1.29 is 0 Å². The van der Waals surface area contributed by atoms with Gasteiger partial charge in [0.05, 0.1) is 10.7 Å². The summed E-state index contributed by atoms with van der Waals surface area (Å²) in [5, 5.41) is 4.57. The Morgan fingerprint density at radius 2 is 2.15 bits per heavy atom. The first-order valence-electron chi connectivity index (χ1n) is 3.92. The zero-order valence-electron chi connectivity index (χ0n) is 7.31. The third-order valence-electron chi connectivity index (χ3n) is 1.55. The van der Waals surface area contributed by atoms with Crippen molar-refractivity contribution >= 4 is 40.7 Å². The van der Waals surface area contributed by atoms with Crippen molar-refractivity contribution in [3.63, 3.8) is 0 Å². The fourth-order valence-electron chi connectivity index (χ4n) is 0.921. The fraction of sp³-hybridized carbons (Fsp3) is 0.333. The Balaban J connectivity index is 2.56. The molecule has 0 heterocycles. The van der Waals surface area contributed by atoms with Gasteiger partial charge in [0.1, 0.15) is 0 Å². The lowest BCUT2D eigenvalue weighted by molar-refractivity contribution is 1.23. The smallest absolute Gasteiger partial charge is 0.0652 e. The van der Waals surface area contributed by atoms with Crippen LogP contribution < -0.4 is 5.32 Å². The second-order valence-corrected chi connectivity index (χ2v) is 4.37. The first-order valence-corrected chi connectivity index (χ1v) is 6.07. The quantitative estimate of drug-likeness (QED) is 0.798. The summed E-state index contributed by atoms with van der Waals surface area (Å²) in [6.45, 7) is 0.919. The highest BCUT2D eigenvalue weighted by atomic mass is 35.5. The van der Waals surface area contributed by atoms with Crippen LogP contribution in [0.15, 0.2) is 18.2 Å². The molecule has 0 spiro atoms. The van der Waals surface area contributed by atoms with Gasteiger partial charge in [0.2, 0.25) is 0 Å². The summed E-state index contributed by atoms with van der Waals surface area (Å²) >= 11 is 13.5. The molecule has 0 fully saturated rings. The van der Waals surface area contributed by atoms with Crippen LogP contribution in [0.4, 0.5) is 5.69 Å². The van der Waals surface area contributed by atoms with Crippen LogP contribution in [0.2, 0.25) is 10.0 Å². The van der Waals surface area contributed by atoms with Crippen molar-refractivity contribution in [2.24, 2.45) is 0 Å². The number of rotatable bonds is 4. The van der Waals surface area contributed by atoms with E-state index < -0.39 is 0 Å². The molecule has 0 aromatic heterocycles. The lowest BCUT2D eigenvalue weighted by Gasteiger charge is -2.07. The van der Waals surface area contributed by atoms with Gasteiger partial charge in [-0.25, -0.2) is 0 Å². The molecule has 0 aliphatic rings. The first kappa shape index (κ1) is 11.0. The van der Waals surface area contributed by atoms with Crippen molar-refractivity contribution in [2.75, 3.05) is 23.9 Å². The topological polar surface area (TPSA) is 12.0 Å². The maximum atomic E-state index is 5.95. The Morgan fingerprint density at radius 3 is 2.77 bits per heavy atom. The largest absolute Gasteiger partial charge is 0.383 e. The molecular formula is C9H11Cl2NS. The standard InChI is InChI=1S/C9H11Cl2NS/c1-13-5-4-12-9-3-2-7(10)6-8(9)11/h2-3,6,12H,4-5H2,1H3. The molecule has 1 aromatic rings. The molecule has 0 aliphatic carbocycles. The second kappa shape index (κ2) is 5.63. The molecule has 0 unspecified atom stereocenters. The van der Waals surface area contributed by atoms with Gasteiger partial charge in [0.15, 0.2) is 0 Å². The Hall–Kier alpha value is -0.0500. The summed E-state index contributed by atoms with van der Waals surface area (Å²) in [7, 11) is 0. The van der Waals surface area contributed by atoms with Crippen molar-refractivity contribution in [2.45, 2.75) is 0 Å². The number of hydrogen-bond donors (Lipinski definition) is 1. The Bertz CT molecular complexity index is 278. The summed E-state index contributed by atoms with van der Waals surface area (Å²) in [6, 6.07) is 5.46. The van der Waals surface area contributed by atoms with Gasteiger partial charge in [-0.2, -0.15) is 11.8 Å². The molecule has 0 saturated carbocycles. The average Bonchev–Trinajstić information content (AvgIpc) is 2.09. The molecule has 0 amide bonds. The second-order valence-electron chi connectivity index (χ2n) is 2.54. The van der Waals surface area contributed by atoms with Gasteiger partial charge in [-0.1, -0.05) is 23.2 Å². The first-order chi connectivity index (χ1) is 6.24. The van der Waals surface area contributed by atoms with E-state index in [9.17, 15) is 0 Å². The predicted molar refractivity (Wildman–Crippen MR) is 63.3 cm³/mol. The van der Waals surface area contributed by atoms with E-state index in [1.165, 1.54) is 0 Å². The SMILES string of the molecule is CSCCNc1ccc(Cl)cc1Cl. The van der Waals surface area contributed by atoms with Gasteiger partial charge >= 0.3 is 0 Å². The highest BCUT2D eigenvalue weighted by Gasteiger charge is 1.99. The van der Waals surface area contributed by atoms with E-state index in [1.807, 2.05) is 12.1 Å². The predicted octanol–water partition coefficient (Wildman–Crippen LogP) is 3.77. The van der Waals surface area contributed by atoms with Gasteiger partial charge in [-0.3, -0.25) is 0 Å². The molecule has 1 N–H and O–H groups in total. The lowest BCUT2D eigenvalue weighted by atomic mass is 10.3. The van der Waals surface area contributed by atoms with Gasteiger partial charge < -0.3 is 5.32 Å². The van der Waals surface area contributed by atoms with Crippen molar-refractivity contribution in [3.8, 4) is 0 Å². The van der Waals surface area contributed by atoms with Crippen molar-refractivity contribution in [1.82, 2.24) is 0 Å². The van der Waals surface area contributed by atoms with Gasteiger partial charge in [0, 0.05) is 17.3 Å². The number of anilines is 1. The van der Waals surface area contributed by atoms with E-state index in [0.717, 1.165) is 18.0 Å². The zero-order chi connectivity index (χ0) is 9.68. The third kappa shape index (κ3) is 3.67. The van der Waals surface area contributed by atoms with E-state index in [-0.39, 0.29) is 0 Å². The van der Waals surface area contributed by atoms with Gasteiger partial charge in [-0.05, 0) is 24.5 Å². The van der Waals surface area contributed by atoms with Crippen LogP contribution in [0, 0.1) is 0 Å². The maximum Gasteiger partial charge on any atom is 0.0652 e. The lowest BCUT2D eigenvalue weighted by Crippen LogP contribution is -2.03. The third-order valence-corrected chi connectivity index (χ3v) is 2.71. The van der Waals surface area contributed by atoms with E-state index in [4.69, 9.17) is 23.2 Å². The van der Waals surface area contributed by atoms with Crippen molar-refractivity contribution in [3.05, 3.63) is 28.2 Å². The normalized spacial score (nSPS) is 10.1. The highest BCUT2D eigenvalue weighted by molar-refractivity contribution is 7.98. The van der Waals surface area contributed by atoms with Crippen LogP contribution in [0.3, 0.4) is 0 Å². The molecule has 4 heteroatoms. The van der Waals surface area contributed by atoms with Crippen LogP contribution in [-0.4, -0.2) is 18.6 Å². The minimum atomic E-state index is 0.667. The Labute approximate surface area is 92.8 Å². The summed E-state index contributed by atoms with van der Waals surface area (Å²) in [6.07, 6.45) is 2.07. The van der Waals surface area contributed by atoms with E-state index in [0.29, 0.717) is 10.0 Å². The fourth-order valence-corrected chi connectivity index (χ4v) is 1.70. The monoisotopic (exact) mass is 235 g/mol. The molecule has 0 radical (unpaired) electrons. The Kier molecular flexibility index (Phi) is 4.78. The Morgan fingerprint density at radius 1 is 1.38 bits per heavy atom. The summed E-state index contributed by atoms with van der Waals surface area (Å²) in [5.41, 5.74) is 0.945. The van der Waals surface area contributed by atoms with Gasteiger partial charge in [0.25, 0.3) is 0 Å². The molecule has 13 heavy (non-hydrogen) atoms. The highest BCUT2D eigenvalue weighted by Crippen LogP contribution is 2.25. The molecule has 0 aliphatic heterocycles. The molecule has 0 atom stereocenters. The minimum Gasteiger partial charge on any atom is -0.383 e. The van der Waals surface area contributed by atoms with Crippen LogP contribution in [0.25, 0.3) is 0 Å². The van der Waals surface area contributed by atoms with Crippen LogP contribution in [0.5, 0.6) is 0 Å². The van der Waals surface area contributed by atoms with Crippen molar-refractivity contribution in [1.29, 1.82) is 0 Å². The molecule has 0 saturated heterocycles. The summed E-state index contributed by atoms with van der Waals surface area (Å²) in [5.74, 6) is 1.07. The van der Waals surface area contributed by atoms with E-state index >= 15 is 0 Å². The molecule has 1 aromatic carbocycles. The zero-order valence-corrected chi connectivity index (χ0v) is 9.64. The molecule has 1 rings (SSSR count). The van der Waals surface area contributed by atoms with Crippen LogP contribution in [0.1, 0.15) is 0 Å². The molecule has 0 bridgehead atoms. The number of nitrogens with one attached hydrogen (secondary N) is 1.